The van der Waals surface area contributed by atoms with Crippen LogP contribution < -0.4 is 0 Å². The second-order valence-corrected chi connectivity index (χ2v) is 17.7. The zero-order valence-corrected chi connectivity index (χ0v) is 39.2. The lowest BCUT2D eigenvalue weighted by Gasteiger charge is -2.13. The molecule has 11 heteroatoms. The molecule has 0 bridgehead atoms. The van der Waals surface area contributed by atoms with Gasteiger partial charge in [0, 0.05) is 60.5 Å². The first-order valence-electron chi connectivity index (χ1n) is 24.1. The van der Waals surface area contributed by atoms with E-state index in [-0.39, 0.29) is 23.3 Å². The Balaban J connectivity index is 1.05. The van der Waals surface area contributed by atoms with Gasteiger partial charge in [0.1, 0.15) is 22.3 Å². The maximum absolute atomic E-state index is 6.68. The summed E-state index contributed by atoms with van der Waals surface area (Å²) >= 11 is 0. The summed E-state index contributed by atoms with van der Waals surface area (Å²) in [6.45, 7) is 0. The van der Waals surface area contributed by atoms with Crippen LogP contribution in [0.1, 0.15) is 0 Å². The SMILES string of the molecule is c1ccc(-c2nc(-c3ccccc3)nc(-c3nc(-c4cc(-c5cccc6c5oc5ccccc56)cc(-c5cccc6c5oc5ccccc56)c4)nc(-c4nc(-c5ccccc5)nc(-c5ccccc5)n4)n3)n2)cc1. The van der Waals surface area contributed by atoms with Crippen molar-refractivity contribution in [1.82, 2.24) is 44.9 Å². The first kappa shape index (κ1) is 42.5. The third-order valence-electron chi connectivity index (χ3n) is 13.1. The van der Waals surface area contributed by atoms with Crippen LogP contribution in [0, 0.1) is 0 Å². The van der Waals surface area contributed by atoms with Crippen molar-refractivity contribution in [3.8, 4) is 102 Å². The zero-order chi connectivity index (χ0) is 49.0. The van der Waals surface area contributed by atoms with Gasteiger partial charge in [-0.15, -0.1) is 0 Å². The van der Waals surface area contributed by atoms with E-state index in [0.717, 1.165) is 88.4 Å². The van der Waals surface area contributed by atoms with E-state index in [1.165, 1.54) is 0 Å². The smallest absolute Gasteiger partial charge is 0.202 e. The number of fused-ring (bicyclic) bond motifs is 6. The predicted octanol–water partition coefficient (Wildman–Crippen LogP) is 15.0. The number of hydrogen-bond acceptors (Lipinski definition) is 11. The standard InChI is InChI=1S/C63H37N9O2/c1-5-19-38(20-6-1)55-64-56(39-21-7-2-8-22-39)67-60(66-55)62-70-59(71-63(72-62)61-68-57(40-23-9-3-10-24-40)65-58(69-61)41-25-11-4-12-26-41)44-36-42(45-29-17-31-49-47-27-13-15-33-51(47)73-53(45)49)35-43(37-44)46-30-18-32-50-48-28-14-16-34-52(48)74-54(46)50/h1-37H. The normalized spacial score (nSPS) is 11.5. The maximum atomic E-state index is 6.68. The molecule has 0 aliphatic carbocycles. The van der Waals surface area contributed by atoms with Gasteiger partial charge in [-0.05, 0) is 41.5 Å². The molecule has 0 saturated heterocycles. The van der Waals surface area contributed by atoms with Gasteiger partial charge >= 0.3 is 0 Å². The Labute approximate surface area is 422 Å². The topological polar surface area (TPSA) is 142 Å². The average molecular weight is 952 g/mol. The molecule has 0 saturated carbocycles. The monoisotopic (exact) mass is 951 g/mol. The molecule has 0 radical (unpaired) electrons. The van der Waals surface area contributed by atoms with Gasteiger partial charge in [0.15, 0.2) is 29.1 Å². The van der Waals surface area contributed by atoms with Crippen molar-refractivity contribution >= 4 is 43.9 Å². The highest BCUT2D eigenvalue weighted by atomic mass is 16.3. The van der Waals surface area contributed by atoms with E-state index in [1.807, 2.05) is 158 Å². The summed E-state index contributed by atoms with van der Waals surface area (Å²) in [5.41, 5.74) is 10.5. The molecule has 5 heterocycles. The lowest BCUT2D eigenvalue weighted by Crippen LogP contribution is -2.08. The minimum Gasteiger partial charge on any atom is -0.455 e. The first-order valence-corrected chi connectivity index (χ1v) is 24.1. The highest BCUT2D eigenvalue weighted by molar-refractivity contribution is 6.11. The fourth-order valence-corrected chi connectivity index (χ4v) is 9.54. The molecule has 346 valence electrons. The number of benzene rings is 9. The first-order chi connectivity index (χ1) is 36.6. The van der Waals surface area contributed by atoms with E-state index in [2.05, 4.69) is 66.7 Å². The van der Waals surface area contributed by atoms with Gasteiger partial charge < -0.3 is 8.83 Å². The molecule has 0 aliphatic rings. The van der Waals surface area contributed by atoms with Crippen molar-refractivity contribution < 1.29 is 8.83 Å². The molecular weight excluding hydrogens is 915 g/mol. The summed E-state index contributed by atoms with van der Waals surface area (Å²) < 4.78 is 13.4. The van der Waals surface area contributed by atoms with Gasteiger partial charge in [-0.2, -0.15) is 0 Å². The van der Waals surface area contributed by atoms with Crippen LogP contribution in [0.2, 0.25) is 0 Å². The quantitative estimate of drug-likeness (QED) is 0.136. The molecule has 0 aliphatic heterocycles. The van der Waals surface area contributed by atoms with Crippen molar-refractivity contribution in [3.63, 3.8) is 0 Å². The highest BCUT2D eigenvalue weighted by Crippen LogP contribution is 2.42. The third-order valence-corrected chi connectivity index (χ3v) is 13.1. The van der Waals surface area contributed by atoms with E-state index >= 15 is 0 Å². The molecule has 0 atom stereocenters. The summed E-state index contributed by atoms with van der Waals surface area (Å²) in [7, 11) is 0. The Hall–Kier alpha value is -10.4. The Kier molecular flexibility index (Phi) is 10.2. The summed E-state index contributed by atoms with van der Waals surface area (Å²) in [4.78, 5) is 46.1. The number of furan rings is 2. The minimum atomic E-state index is 0.190. The van der Waals surface area contributed by atoms with Crippen LogP contribution in [0.4, 0.5) is 0 Å². The van der Waals surface area contributed by atoms with Crippen LogP contribution in [-0.2, 0) is 0 Å². The Bertz CT molecular complexity index is 4040. The van der Waals surface area contributed by atoms with Gasteiger partial charge in [-0.25, -0.2) is 44.9 Å². The zero-order valence-electron chi connectivity index (χ0n) is 39.2. The molecule has 14 aromatic rings. The number of rotatable bonds is 9. The molecule has 11 nitrogen and oxygen atoms in total. The molecule has 9 aromatic carbocycles. The van der Waals surface area contributed by atoms with Gasteiger partial charge in [0.25, 0.3) is 0 Å². The van der Waals surface area contributed by atoms with Gasteiger partial charge in [0.05, 0.1) is 0 Å². The van der Waals surface area contributed by atoms with E-state index < -0.39 is 0 Å². The number of aromatic nitrogens is 9. The van der Waals surface area contributed by atoms with Crippen LogP contribution >= 0.6 is 0 Å². The maximum Gasteiger partial charge on any atom is 0.202 e. The second kappa shape index (κ2) is 17.8. The molecule has 0 spiro atoms. The summed E-state index contributed by atoms with van der Waals surface area (Å²) in [5, 5.41) is 4.07. The largest absolute Gasteiger partial charge is 0.455 e. The Morgan fingerprint density at radius 3 is 0.838 bits per heavy atom. The molecule has 5 aromatic heterocycles. The van der Waals surface area contributed by atoms with Crippen molar-refractivity contribution in [1.29, 1.82) is 0 Å². The predicted molar refractivity (Wildman–Crippen MR) is 290 cm³/mol. The average Bonchev–Trinajstić information content (AvgIpc) is 4.07. The van der Waals surface area contributed by atoms with Crippen molar-refractivity contribution in [2.24, 2.45) is 0 Å². The number of para-hydroxylation sites is 4. The second-order valence-electron chi connectivity index (χ2n) is 17.7. The fraction of sp³-hybridized carbons (Fsp3) is 0. The van der Waals surface area contributed by atoms with Crippen molar-refractivity contribution in [3.05, 3.63) is 224 Å². The van der Waals surface area contributed by atoms with E-state index in [0.29, 0.717) is 34.7 Å². The van der Waals surface area contributed by atoms with Gasteiger partial charge in [-0.3, -0.25) is 0 Å². The van der Waals surface area contributed by atoms with Crippen LogP contribution in [0.15, 0.2) is 233 Å². The summed E-state index contributed by atoms with van der Waals surface area (Å²) in [6, 6.07) is 74.3. The highest BCUT2D eigenvalue weighted by Gasteiger charge is 2.23. The van der Waals surface area contributed by atoms with Crippen LogP contribution in [0.3, 0.4) is 0 Å². The molecule has 0 amide bonds. The Morgan fingerprint density at radius 1 is 0.203 bits per heavy atom. The number of hydrogen-bond donors (Lipinski definition) is 0. The summed E-state index contributed by atoms with van der Waals surface area (Å²) in [6.07, 6.45) is 0. The lowest BCUT2D eigenvalue weighted by atomic mass is 9.94. The molecule has 0 unspecified atom stereocenters. The number of nitrogens with zero attached hydrogens (tertiary/aromatic N) is 9. The molecule has 0 N–H and O–H groups in total. The van der Waals surface area contributed by atoms with Crippen LogP contribution in [0.25, 0.3) is 146 Å². The van der Waals surface area contributed by atoms with Crippen LogP contribution in [0.5, 0.6) is 0 Å². The molecular formula is C63H37N9O2. The molecule has 14 rings (SSSR count). The molecule has 74 heavy (non-hydrogen) atoms. The Morgan fingerprint density at radius 2 is 0.473 bits per heavy atom. The summed E-state index contributed by atoms with van der Waals surface area (Å²) in [5.74, 6) is 3.00. The van der Waals surface area contributed by atoms with Crippen molar-refractivity contribution in [2.75, 3.05) is 0 Å². The van der Waals surface area contributed by atoms with E-state index in [9.17, 15) is 0 Å². The van der Waals surface area contributed by atoms with E-state index in [1.54, 1.807) is 0 Å². The van der Waals surface area contributed by atoms with Gasteiger partial charge in [0.2, 0.25) is 23.3 Å². The lowest BCUT2D eigenvalue weighted by molar-refractivity contribution is 0.670. The van der Waals surface area contributed by atoms with Gasteiger partial charge in [-0.1, -0.05) is 194 Å². The minimum absolute atomic E-state index is 0.190. The molecule has 0 fully saturated rings. The van der Waals surface area contributed by atoms with Crippen molar-refractivity contribution in [2.45, 2.75) is 0 Å². The van der Waals surface area contributed by atoms with Crippen LogP contribution in [-0.4, -0.2) is 44.9 Å². The third kappa shape index (κ3) is 7.69. The fourth-order valence-electron chi connectivity index (χ4n) is 9.54. The van der Waals surface area contributed by atoms with E-state index in [4.69, 9.17) is 53.7 Å².